The Balaban J connectivity index is 2.06. The third kappa shape index (κ3) is 0.877. The molecular weight excluding hydrogens is 136 g/mol. The molecule has 1 nitrogen and oxygen atoms in total. The van der Waals surface area contributed by atoms with Gasteiger partial charge in [0.05, 0.1) is 5.38 Å². The number of alkyl halides is 1. The van der Waals surface area contributed by atoms with Crippen LogP contribution in [-0.2, 0) is 4.79 Å². The Kier molecular flexibility index (Phi) is 1.10. The fraction of sp³-hybridized carbons (Fsp3) is 0.857. The van der Waals surface area contributed by atoms with Crippen LogP contribution in [0.25, 0.3) is 0 Å². The Labute approximate surface area is 59.4 Å². The van der Waals surface area contributed by atoms with Crippen molar-refractivity contribution in [3.8, 4) is 0 Å². The van der Waals surface area contributed by atoms with E-state index in [1.54, 1.807) is 0 Å². The van der Waals surface area contributed by atoms with E-state index in [4.69, 9.17) is 11.6 Å². The van der Waals surface area contributed by atoms with E-state index in [1.165, 1.54) is 6.42 Å². The highest BCUT2D eigenvalue weighted by atomic mass is 35.5. The van der Waals surface area contributed by atoms with Crippen LogP contribution in [0.15, 0.2) is 0 Å². The maximum Gasteiger partial charge on any atom is 0.150 e. The minimum Gasteiger partial charge on any atom is -0.298 e. The highest BCUT2D eigenvalue weighted by Gasteiger charge is 2.45. The molecule has 0 aromatic rings. The smallest absolute Gasteiger partial charge is 0.150 e. The Morgan fingerprint density at radius 3 is 2.78 bits per heavy atom. The Morgan fingerprint density at radius 2 is 2.11 bits per heavy atom. The van der Waals surface area contributed by atoms with Gasteiger partial charge in [0.25, 0.3) is 0 Å². The topological polar surface area (TPSA) is 17.1 Å². The van der Waals surface area contributed by atoms with Crippen molar-refractivity contribution in [2.24, 2.45) is 11.8 Å². The van der Waals surface area contributed by atoms with Crippen molar-refractivity contribution in [3.05, 3.63) is 0 Å². The second-order valence-corrected chi connectivity index (χ2v) is 3.66. The largest absolute Gasteiger partial charge is 0.298 e. The molecule has 0 heterocycles. The van der Waals surface area contributed by atoms with E-state index in [9.17, 15) is 4.79 Å². The quantitative estimate of drug-likeness (QED) is 0.472. The molecule has 2 rings (SSSR count). The molecule has 2 saturated carbocycles. The standard InChI is InChI=1S/C7H9ClO/c8-6-2-4-1-5(4)3-7(6)9/h4-6H,1-3H2/t4-,5+,6-/m1/s1. The van der Waals surface area contributed by atoms with Gasteiger partial charge >= 0.3 is 0 Å². The minimum atomic E-state index is -0.145. The molecule has 0 aromatic carbocycles. The summed E-state index contributed by atoms with van der Waals surface area (Å²) < 4.78 is 0. The van der Waals surface area contributed by atoms with Gasteiger partial charge in [-0.3, -0.25) is 4.79 Å². The molecule has 0 spiro atoms. The molecule has 2 fully saturated rings. The fourth-order valence-corrected chi connectivity index (χ4v) is 1.95. The molecule has 0 aromatic heterocycles. The Hall–Kier alpha value is -0.0400. The number of hydrogen-bond donors (Lipinski definition) is 0. The number of rotatable bonds is 0. The summed E-state index contributed by atoms with van der Waals surface area (Å²) in [7, 11) is 0. The summed E-state index contributed by atoms with van der Waals surface area (Å²) in [6.45, 7) is 0. The minimum absolute atomic E-state index is 0.145. The van der Waals surface area contributed by atoms with Crippen LogP contribution in [0.4, 0.5) is 0 Å². The zero-order chi connectivity index (χ0) is 6.43. The van der Waals surface area contributed by atoms with Crippen molar-refractivity contribution in [1.29, 1.82) is 0 Å². The van der Waals surface area contributed by atoms with Gasteiger partial charge < -0.3 is 0 Å². The highest BCUT2D eigenvalue weighted by Crippen LogP contribution is 2.49. The monoisotopic (exact) mass is 144 g/mol. The number of carbonyl (C=O) groups is 1. The molecule has 2 aliphatic rings. The Bertz CT molecular complexity index is 155. The summed E-state index contributed by atoms with van der Waals surface area (Å²) in [5.74, 6) is 1.81. The third-order valence-corrected chi connectivity index (χ3v) is 2.81. The molecule has 0 amide bonds. The highest BCUT2D eigenvalue weighted by molar-refractivity contribution is 6.31. The number of hydrogen-bond acceptors (Lipinski definition) is 1. The van der Waals surface area contributed by atoms with Crippen LogP contribution in [0.3, 0.4) is 0 Å². The van der Waals surface area contributed by atoms with E-state index < -0.39 is 0 Å². The first-order valence-corrected chi connectivity index (χ1v) is 3.88. The molecule has 0 bridgehead atoms. The average molecular weight is 145 g/mol. The molecule has 2 heteroatoms. The van der Waals surface area contributed by atoms with Crippen LogP contribution in [0.5, 0.6) is 0 Å². The van der Waals surface area contributed by atoms with Gasteiger partial charge in [-0.1, -0.05) is 0 Å². The van der Waals surface area contributed by atoms with Gasteiger partial charge in [-0.15, -0.1) is 11.6 Å². The lowest BCUT2D eigenvalue weighted by atomic mass is 9.99. The van der Waals surface area contributed by atoms with E-state index in [2.05, 4.69) is 0 Å². The lowest BCUT2D eigenvalue weighted by Crippen LogP contribution is -2.20. The zero-order valence-electron chi connectivity index (χ0n) is 5.14. The van der Waals surface area contributed by atoms with Crippen molar-refractivity contribution in [2.45, 2.75) is 24.6 Å². The molecule has 2 aliphatic carbocycles. The van der Waals surface area contributed by atoms with E-state index in [1.807, 2.05) is 0 Å². The summed E-state index contributed by atoms with van der Waals surface area (Å²) in [5, 5.41) is -0.145. The van der Waals surface area contributed by atoms with Gasteiger partial charge in [0.2, 0.25) is 0 Å². The van der Waals surface area contributed by atoms with E-state index in [0.717, 1.165) is 24.7 Å². The first-order valence-electron chi connectivity index (χ1n) is 3.44. The first-order chi connectivity index (χ1) is 4.27. The number of carbonyl (C=O) groups excluding carboxylic acids is 1. The van der Waals surface area contributed by atoms with E-state index in [0.29, 0.717) is 0 Å². The van der Waals surface area contributed by atoms with Gasteiger partial charge in [0, 0.05) is 6.42 Å². The van der Waals surface area contributed by atoms with Crippen LogP contribution in [0.2, 0.25) is 0 Å². The molecule has 0 radical (unpaired) electrons. The lowest BCUT2D eigenvalue weighted by molar-refractivity contribution is -0.120. The van der Waals surface area contributed by atoms with Crippen LogP contribution in [0, 0.1) is 11.8 Å². The third-order valence-electron chi connectivity index (χ3n) is 2.39. The van der Waals surface area contributed by atoms with Gasteiger partial charge in [-0.25, -0.2) is 0 Å². The predicted octanol–water partition coefficient (Wildman–Crippen LogP) is 1.59. The second kappa shape index (κ2) is 1.72. The Morgan fingerprint density at radius 1 is 1.33 bits per heavy atom. The number of Topliss-reactive ketones (excluding diaryl/α,β-unsaturated/α-hetero) is 1. The summed E-state index contributed by atoms with van der Waals surface area (Å²) in [4.78, 5) is 10.9. The van der Waals surface area contributed by atoms with Gasteiger partial charge in [-0.2, -0.15) is 0 Å². The van der Waals surface area contributed by atoms with Gasteiger partial charge in [0.15, 0.2) is 5.78 Å². The van der Waals surface area contributed by atoms with Gasteiger partial charge in [-0.05, 0) is 24.7 Å². The van der Waals surface area contributed by atoms with E-state index >= 15 is 0 Å². The maximum atomic E-state index is 10.9. The normalized spacial score (nSPS) is 48.6. The van der Waals surface area contributed by atoms with Crippen molar-refractivity contribution in [2.75, 3.05) is 0 Å². The summed E-state index contributed by atoms with van der Waals surface area (Å²) in [5.41, 5.74) is 0. The van der Waals surface area contributed by atoms with Crippen molar-refractivity contribution < 1.29 is 4.79 Å². The van der Waals surface area contributed by atoms with Crippen LogP contribution < -0.4 is 0 Å². The summed E-state index contributed by atoms with van der Waals surface area (Å²) >= 11 is 5.74. The van der Waals surface area contributed by atoms with Crippen molar-refractivity contribution >= 4 is 17.4 Å². The summed E-state index contributed by atoms with van der Waals surface area (Å²) in [6.07, 6.45) is 2.97. The number of halogens is 1. The van der Waals surface area contributed by atoms with E-state index in [-0.39, 0.29) is 11.2 Å². The lowest BCUT2D eigenvalue weighted by Gasteiger charge is -2.12. The molecule has 9 heavy (non-hydrogen) atoms. The first kappa shape index (κ1) is 5.72. The molecular formula is C7H9ClO. The average Bonchev–Trinajstić information content (AvgIpc) is 2.46. The van der Waals surface area contributed by atoms with Crippen LogP contribution in [0.1, 0.15) is 19.3 Å². The molecule has 0 saturated heterocycles. The number of ketones is 1. The molecule has 50 valence electrons. The zero-order valence-corrected chi connectivity index (χ0v) is 5.90. The summed E-state index contributed by atoms with van der Waals surface area (Å²) in [6, 6.07) is 0. The molecule has 3 atom stereocenters. The predicted molar refractivity (Wildman–Crippen MR) is 35.5 cm³/mol. The molecule has 0 unspecified atom stereocenters. The van der Waals surface area contributed by atoms with Crippen LogP contribution in [-0.4, -0.2) is 11.2 Å². The maximum absolute atomic E-state index is 10.9. The van der Waals surface area contributed by atoms with Crippen molar-refractivity contribution in [3.63, 3.8) is 0 Å². The second-order valence-electron chi connectivity index (χ2n) is 3.13. The number of fused-ring (bicyclic) bond motifs is 1. The molecule has 0 aliphatic heterocycles. The van der Waals surface area contributed by atoms with Gasteiger partial charge in [0.1, 0.15) is 0 Å². The van der Waals surface area contributed by atoms with Crippen molar-refractivity contribution in [1.82, 2.24) is 0 Å². The fourth-order valence-electron chi connectivity index (χ4n) is 1.63. The molecule has 0 N–H and O–H groups in total. The SMILES string of the molecule is O=C1C[C@@H]2C[C@@H]2C[C@H]1Cl. The van der Waals surface area contributed by atoms with Crippen LogP contribution >= 0.6 is 11.6 Å².